The van der Waals surface area contributed by atoms with Crippen LogP contribution in [-0.2, 0) is 22.6 Å². The molecule has 13 nitrogen and oxygen atoms in total. The zero-order valence-corrected chi connectivity index (χ0v) is 18.2. The molecule has 0 unspecified atom stereocenters. The number of nitrogens with two attached hydrogens (primary N) is 1. The molecule has 0 radical (unpaired) electrons. The quantitative estimate of drug-likeness (QED) is 0.118. The monoisotopic (exact) mass is 503 g/mol. The van der Waals surface area contributed by atoms with E-state index in [4.69, 9.17) is 15.9 Å². The van der Waals surface area contributed by atoms with E-state index in [9.17, 15) is 33.0 Å². The van der Waals surface area contributed by atoms with Crippen LogP contribution < -0.4 is 11.1 Å². The third kappa shape index (κ3) is 13.1. The molecule has 0 saturated carbocycles. The van der Waals surface area contributed by atoms with Gasteiger partial charge in [0.25, 0.3) is 6.01 Å². The number of aromatic hydroxyl groups is 2. The van der Waals surface area contributed by atoms with Gasteiger partial charge >= 0.3 is 18.1 Å². The fourth-order valence-electron chi connectivity index (χ4n) is 2.38. The van der Waals surface area contributed by atoms with E-state index < -0.39 is 24.7 Å². The molecule has 16 heteroatoms. The van der Waals surface area contributed by atoms with E-state index in [0.29, 0.717) is 37.4 Å². The van der Waals surface area contributed by atoms with Crippen LogP contribution in [0.25, 0.3) is 0 Å². The van der Waals surface area contributed by atoms with Crippen LogP contribution >= 0.6 is 0 Å². The predicted molar refractivity (Wildman–Crippen MR) is 116 cm³/mol. The van der Waals surface area contributed by atoms with Crippen LogP contribution in [-0.4, -0.2) is 70.6 Å². The number of aliphatic carboxylic acids is 2. The lowest BCUT2D eigenvalue weighted by molar-refractivity contribution is -0.134. The van der Waals surface area contributed by atoms with E-state index in [0.717, 1.165) is 12.8 Å². The summed E-state index contributed by atoms with van der Waals surface area (Å²) in [6.45, 7) is -0.946. The lowest BCUT2D eigenvalue weighted by Crippen LogP contribution is -2.26. The molecule has 192 valence electrons. The number of nitrogens with zero attached hydrogens (tertiary/aromatic N) is 5. The first-order valence-electron chi connectivity index (χ1n) is 9.90. The van der Waals surface area contributed by atoms with Crippen molar-refractivity contribution in [2.45, 2.75) is 38.4 Å². The Morgan fingerprint density at radius 2 is 1.77 bits per heavy atom. The van der Waals surface area contributed by atoms with Crippen molar-refractivity contribution in [2.24, 2.45) is 10.7 Å². The second-order valence-electron chi connectivity index (χ2n) is 6.69. The lowest BCUT2D eigenvalue weighted by Gasteiger charge is -2.08. The smallest absolute Gasteiger partial charge is 0.408 e. The van der Waals surface area contributed by atoms with Gasteiger partial charge in [0.05, 0.1) is 6.20 Å². The number of unbranched alkanes of at least 4 members (excludes halogenated alkanes) is 2. The zero-order valence-electron chi connectivity index (χ0n) is 18.2. The first-order valence-corrected chi connectivity index (χ1v) is 9.90. The Kier molecular flexibility index (Phi) is 11.5. The fourth-order valence-corrected chi connectivity index (χ4v) is 2.38. The number of anilines is 1. The topological polar surface area (TPSA) is 209 Å². The number of aliphatic imine (C=N–C) groups is 1. The molecule has 0 aliphatic rings. The number of carboxylic acids is 2. The number of alkyl halides is 3. The van der Waals surface area contributed by atoms with Gasteiger partial charge in [0, 0.05) is 31.3 Å². The summed E-state index contributed by atoms with van der Waals surface area (Å²) in [5, 5.41) is 37.0. The van der Waals surface area contributed by atoms with Gasteiger partial charge < -0.3 is 31.5 Å². The number of aryl methyl sites for hydroxylation is 1. The van der Waals surface area contributed by atoms with Crippen molar-refractivity contribution < 1.29 is 43.2 Å². The SMILES string of the molecule is NC(=NCC(F)(F)F)Nc1ccnc(CCCCCn2c(O)cnc2O)n1.O=C(O)/C=C\C(=O)O. The van der Waals surface area contributed by atoms with Crippen molar-refractivity contribution in [3.63, 3.8) is 0 Å². The molecule has 0 aliphatic carbocycles. The molecule has 0 fully saturated rings. The number of aromatic nitrogens is 4. The molecule has 35 heavy (non-hydrogen) atoms. The van der Waals surface area contributed by atoms with Crippen LogP contribution in [0.5, 0.6) is 11.9 Å². The van der Waals surface area contributed by atoms with E-state index >= 15 is 0 Å². The van der Waals surface area contributed by atoms with Crippen LogP contribution in [0.2, 0.25) is 0 Å². The summed E-state index contributed by atoms with van der Waals surface area (Å²) >= 11 is 0. The van der Waals surface area contributed by atoms with Crippen LogP contribution in [0.15, 0.2) is 35.6 Å². The average Bonchev–Trinajstić information content (AvgIpc) is 3.08. The Hall–Kier alpha value is -4.37. The molecule has 0 amide bonds. The van der Waals surface area contributed by atoms with Crippen molar-refractivity contribution >= 4 is 23.7 Å². The Labute approximate surface area is 196 Å². The third-order valence-corrected chi connectivity index (χ3v) is 3.85. The highest BCUT2D eigenvalue weighted by Crippen LogP contribution is 2.18. The van der Waals surface area contributed by atoms with Crippen LogP contribution in [0, 0.1) is 0 Å². The highest BCUT2D eigenvalue weighted by atomic mass is 19.4. The lowest BCUT2D eigenvalue weighted by atomic mass is 10.2. The number of nitrogens with one attached hydrogen (secondary N) is 1. The maximum Gasteiger partial charge on any atom is 0.408 e. The first-order chi connectivity index (χ1) is 16.4. The van der Waals surface area contributed by atoms with Gasteiger partial charge in [-0.25, -0.2) is 24.5 Å². The molecule has 7 N–H and O–H groups in total. The number of rotatable bonds is 10. The van der Waals surface area contributed by atoms with E-state index in [2.05, 4.69) is 25.3 Å². The minimum atomic E-state index is -4.42. The molecule has 0 atom stereocenters. The number of hydrogen-bond acceptors (Lipinski definition) is 8. The number of imidazole rings is 1. The zero-order chi connectivity index (χ0) is 26.4. The van der Waals surface area contributed by atoms with E-state index in [1.54, 1.807) is 0 Å². The second kappa shape index (κ2) is 14.0. The molecule has 2 aromatic rings. The summed E-state index contributed by atoms with van der Waals surface area (Å²) in [5.74, 6) is -2.22. The van der Waals surface area contributed by atoms with Gasteiger partial charge in [-0.2, -0.15) is 18.2 Å². The van der Waals surface area contributed by atoms with Crippen LogP contribution in [0.1, 0.15) is 25.1 Å². The second-order valence-corrected chi connectivity index (χ2v) is 6.69. The summed E-state index contributed by atoms with van der Waals surface area (Å²) < 4.78 is 37.6. The number of guanidine groups is 1. The Bertz CT molecular complexity index is 1000. The largest absolute Gasteiger partial charge is 0.493 e. The van der Waals surface area contributed by atoms with Crippen molar-refractivity contribution in [1.29, 1.82) is 0 Å². The predicted octanol–water partition coefficient (Wildman–Crippen LogP) is 1.50. The summed E-state index contributed by atoms with van der Waals surface area (Å²) in [6, 6.07) is 1.24. The van der Waals surface area contributed by atoms with Gasteiger partial charge in [0.15, 0.2) is 5.96 Å². The van der Waals surface area contributed by atoms with Crippen molar-refractivity contribution in [2.75, 3.05) is 11.9 Å². The molecular weight excluding hydrogens is 479 g/mol. The summed E-state index contributed by atoms with van der Waals surface area (Å²) in [4.78, 5) is 34.2. The molecule has 0 spiro atoms. The first kappa shape index (κ1) is 28.7. The molecule has 2 heterocycles. The maximum atomic E-state index is 12.1. The molecule has 0 aliphatic heterocycles. The van der Waals surface area contributed by atoms with Crippen LogP contribution in [0.3, 0.4) is 0 Å². The normalized spacial score (nSPS) is 11.7. The Balaban J connectivity index is 0.000000658. The van der Waals surface area contributed by atoms with Crippen molar-refractivity contribution in [1.82, 2.24) is 19.5 Å². The fraction of sp³-hybridized carbons (Fsp3) is 0.368. The molecular formula is C19H24F3N7O6. The van der Waals surface area contributed by atoms with E-state index in [1.807, 2.05) is 0 Å². The number of halogens is 3. The van der Waals surface area contributed by atoms with Gasteiger partial charge in [-0.3, -0.25) is 4.57 Å². The minimum absolute atomic E-state index is 0.0978. The Morgan fingerprint density at radius 3 is 2.31 bits per heavy atom. The van der Waals surface area contributed by atoms with E-state index in [-0.39, 0.29) is 23.7 Å². The third-order valence-electron chi connectivity index (χ3n) is 3.85. The molecule has 2 rings (SSSR count). The Morgan fingerprint density at radius 1 is 1.11 bits per heavy atom. The summed E-state index contributed by atoms with van der Waals surface area (Å²) in [5.41, 5.74) is 5.40. The number of hydrogen-bond donors (Lipinski definition) is 6. The minimum Gasteiger partial charge on any atom is -0.493 e. The van der Waals surface area contributed by atoms with Gasteiger partial charge in [0.2, 0.25) is 5.88 Å². The highest BCUT2D eigenvalue weighted by Gasteiger charge is 2.26. The molecule has 0 bridgehead atoms. The molecule has 0 saturated heterocycles. The maximum absolute atomic E-state index is 12.1. The number of carbonyl (C=O) groups is 2. The van der Waals surface area contributed by atoms with Gasteiger partial charge in [-0.15, -0.1) is 0 Å². The van der Waals surface area contributed by atoms with Crippen molar-refractivity contribution in [3.8, 4) is 11.9 Å². The van der Waals surface area contributed by atoms with Gasteiger partial charge in [0.1, 0.15) is 18.2 Å². The summed E-state index contributed by atoms with van der Waals surface area (Å²) in [7, 11) is 0. The highest BCUT2D eigenvalue weighted by molar-refractivity contribution is 5.91. The molecule has 2 aromatic heterocycles. The van der Waals surface area contributed by atoms with Gasteiger partial charge in [-0.1, -0.05) is 6.42 Å². The standard InChI is InChI=1S/C15H20F3N7O2.C4H4O4/c16-15(17,18)9-22-13(19)24-11-5-6-20-10(23-11)4-2-1-3-7-25-12(26)8-21-14(25)27;5-3(6)1-2-4(7)8/h5-6,8,26H,1-4,7,9H2,(H,21,27)(H3,19,20,22,23,24);1-2H,(H,5,6)(H,7,8)/b;2-1-. The number of carboxylic acid groups (broad SMARTS) is 2. The van der Waals surface area contributed by atoms with Crippen LogP contribution in [0.4, 0.5) is 19.0 Å². The molecule has 0 aromatic carbocycles. The van der Waals surface area contributed by atoms with E-state index in [1.165, 1.54) is 23.0 Å². The average molecular weight is 503 g/mol. The van der Waals surface area contributed by atoms with Gasteiger partial charge in [-0.05, 0) is 18.9 Å². The summed E-state index contributed by atoms with van der Waals surface area (Å²) in [6.07, 6.45) is 2.13. The van der Waals surface area contributed by atoms with Crippen molar-refractivity contribution in [3.05, 3.63) is 36.4 Å².